The number of amides is 3. The Kier molecular flexibility index (Phi) is 8.57. The van der Waals surface area contributed by atoms with Crippen molar-refractivity contribution in [2.45, 2.75) is 77.2 Å². The van der Waals surface area contributed by atoms with Crippen LogP contribution in [-0.2, 0) is 21.5 Å². The summed E-state index contributed by atoms with van der Waals surface area (Å²) in [4.78, 5) is 40.7. The van der Waals surface area contributed by atoms with Crippen LogP contribution in [-0.4, -0.2) is 34.4 Å². The second kappa shape index (κ2) is 11.6. The van der Waals surface area contributed by atoms with Crippen LogP contribution >= 0.6 is 0 Å². The van der Waals surface area contributed by atoms with E-state index >= 15 is 0 Å². The first kappa shape index (κ1) is 24.4. The molecule has 178 valence electrons. The molecule has 33 heavy (non-hydrogen) atoms. The summed E-state index contributed by atoms with van der Waals surface area (Å²) >= 11 is 0. The molecule has 1 fully saturated rings. The zero-order valence-corrected chi connectivity index (χ0v) is 19.4. The molecule has 1 aromatic heterocycles. The molecule has 3 N–H and O–H groups in total. The number of benzene rings is 1. The van der Waals surface area contributed by atoms with Crippen molar-refractivity contribution < 1.29 is 18.9 Å². The molecule has 1 aliphatic rings. The molecule has 0 bridgehead atoms. The minimum Gasteiger partial charge on any atom is -0.352 e. The van der Waals surface area contributed by atoms with E-state index in [1.165, 1.54) is 6.92 Å². The summed E-state index contributed by atoms with van der Waals surface area (Å²) in [7, 11) is 0. The summed E-state index contributed by atoms with van der Waals surface area (Å²) in [6, 6.07) is 6.76. The summed E-state index contributed by atoms with van der Waals surface area (Å²) < 4.78 is 5.40. The summed E-state index contributed by atoms with van der Waals surface area (Å²) in [5, 5.41) is 12.8. The molecule has 0 atom stereocenters. The highest BCUT2D eigenvalue weighted by Crippen LogP contribution is 2.34. The van der Waals surface area contributed by atoms with Gasteiger partial charge < -0.3 is 20.5 Å². The Morgan fingerprint density at radius 3 is 2.39 bits per heavy atom. The molecule has 9 heteroatoms. The highest BCUT2D eigenvalue weighted by atomic mass is 16.5. The quantitative estimate of drug-likeness (QED) is 0.497. The van der Waals surface area contributed by atoms with Gasteiger partial charge in [-0.15, -0.1) is 0 Å². The van der Waals surface area contributed by atoms with Crippen molar-refractivity contribution in [1.29, 1.82) is 0 Å². The third-order valence-electron chi connectivity index (χ3n) is 5.80. The monoisotopic (exact) mass is 455 g/mol. The number of rotatable bonds is 9. The Balaban J connectivity index is 1.55. The molecule has 3 rings (SSSR count). The van der Waals surface area contributed by atoms with Gasteiger partial charge in [-0.2, -0.15) is 4.98 Å². The van der Waals surface area contributed by atoms with Gasteiger partial charge in [0, 0.05) is 37.6 Å². The molecule has 2 aromatic rings. The predicted molar refractivity (Wildman–Crippen MR) is 124 cm³/mol. The van der Waals surface area contributed by atoms with Gasteiger partial charge in [0.15, 0.2) is 5.82 Å². The molecule has 1 saturated carbocycles. The lowest BCUT2D eigenvalue weighted by Crippen LogP contribution is -2.45. The van der Waals surface area contributed by atoms with Gasteiger partial charge >= 0.3 is 0 Å². The maximum atomic E-state index is 12.4. The molecule has 0 spiro atoms. The number of anilines is 1. The topological polar surface area (TPSA) is 126 Å². The first-order chi connectivity index (χ1) is 15.9. The minimum absolute atomic E-state index is 0.114. The first-order valence-electron chi connectivity index (χ1n) is 11.7. The average Bonchev–Trinajstić information content (AvgIpc) is 3.16. The molecule has 0 aliphatic heterocycles. The normalized spacial score (nSPS) is 15.3. The van der Waals surface area contributed by atoms with E-state index in [9.17, 15) is 14.4 Å². The Labute approximate surface area is 194 Å². The third kappa shape index (κ3) is 6.87. The van der Waals surface area contributed by atoms with E-state index in [0.29, 0.717) is 35.9 Å². The maximum absolute atomic E-state index is 12.4. The van der Waals surface area contributed by atoms with Crippen LogP contribution in [0.1, 0.15) is 87.3 Å². The highest BCUT2D eigenvalue weighted by Gasteiger charge is 2.38. The van der Waals surface area contributed by atoms with Crippen LogP contribution < -0.4 is 16.0 Å². The van der Waals surface area contributed by atoms with E-state index in [-0.39, 0.29) is 24.1 Å². The standard InChI is InChI=1S/C24H33N5O4/c1-3-16-25-22(32)18-8-10-19(11-9-18)26-20(31)12-13-21-27-23(29-33-21)24(28-17(2)30)14-6-4-5-7-15-24/h8-11H,3-7,12-16H2,1-2H3,(H,25,32)(H,26,31)(H,28,30). The predicted octanol–water partition coefficient (Wildman–Crippen LogP) is 3.47. The molecule has 9 nitrogen and oxygen atoms in total. The van der Waals surface area contributed by atoms with Crippen molar-refractivity contribution in [3.63, 3.8) is 0 Å². The molecule has 1 aromatic carbocycles. The number of aryl methyl sites for hydroxylation is 1. The van der Waals surface area contributed by atoms with E-state index in [0.717, 1.165) is 44.9 Å². The Bertz CT molecular complexity index is 946. The van der Waals surface area contributed by atoms with Gasteiger partial charge in [0.25, 0.3) is 5.91 Å². The fraction of sp³-hybridized carbons (Fsp3) is 0.542. The fourth-order valence-corrected chi connectivity index (χ4v) is 4.11. The van der Waals surface area contributed by atoms with Gasteiger partial charge in [0.2, 0.25) is 17.7 Å². The number of aromatic nitrogens is 2. The van der Waals surface area contributed by atoms with Gasteiger partial charge in [-0.1, -0.05) is 37.8 Å². The fourth-order valence-electron chi connectivity index (χ4n) is 4.11. The van der Waals surface area contributed by atoms with Crippen molar-refractivity contribution in [2.24, 2.45) is 0 Å². The summed E-state index contributed by atoms with van der Waals surface area (Å²) in [5.41, 5.74) is 0.560. The number of hydrogen-bond donors (Lipinski definition) is 3. The Hall–Kier alpha value is -3.23. The van der Waals surface area contributed by atoms with E-state index in [1.54, 1.807) is 24.3 Å². The van der Waals surface area contributed by atoms with Crippen LogP contribution in [0, 0.1) is 0 Å². The van der Waals surface area contributed by atoms with E-state index in [1.807, 2.05) is 6.92 Å². The third-order valence-corrected chi connectivity index (χ3v) is 5.80. The molecule has 3 amide bonds. The number of hydrogen-bond acceptors (Lipinski definition) is 6. The lowest BCUT2D eigenvalue weighted by Gasteiger charge is -2.30. The largest absolute Gasteiger partial charge is 0.352 e. The Morgan fingerprint density at radius 1 is 1.06 bits per heavy atom. The molecule has 1 heterocycles. The SMILES string of the molecule is CCCNC(=O)c1ccc(NC(=O)CCc2nc(C3(NC(C)=O)CCCCCC3)no2)cc1. The van der Waals surface area contributed by atoms with Crippen molar-refractivity contribution in [1.82, 2.24) is 20.8 Å². The van der Waals surface area contributed by atoms with Crippen molar-refractivity contribution >= 4 is 23.4 Å². The molecule has 1 aliphatic carbocycles. The summed E-state index contributed by atoms with van der Waals surface area (Å²) in [6.45, 7) is 4.12. The smallest absolute Gasteiger partial charge is 0.251 e. The Morgan fingerprint density at radius 2 is 1.76 bits per heavy atom. The van der Waals surface area contributed by atoms with Crippen LogP contribution in [0.5, 0.6) is 0 Å². The van der Waals surface area contributed by atoms with Crippen molar-refractivity contribution in [3.05, 3.63) is 41.5 Å². The van der Waals surface area contributed by atoms with Crippen molar-refractivity contribution in [2.75, 3.05) is 11.9 Å². The second-order valence-corrected chi connectivity index (χ2v) is 8.57. The molecule has 0 saturated heterocycles. The number of nitrogens with zero attached hydrogens (tertiary/aromatic N) is 2. The van der Waals surface area contributed by atoms with Crippen LogP contribution in [0.25, 0.3) is 0 Å². The van der Waals surface area contributed by atoms with Gasteiger partial charge in [0.1, 0.15) is 5.54 Å². The summed E-state index contributed by atoms with van der Waals surface area (Å²) in [5.74, 6) is 0.428. The van der Waals surface area contributed by atoms with Gasteiger partial charge in [-0.3, -0.25) is 14.4 Å². The van der Waals surface area contributed by atoms with Gasteiger partial charge in [-0.25, -0.2) is 0 Å². The average molecular weight is 456 g/mol. The summed E-state index contributed by atoms with van der Waals surface area (Å²) in [6.07, 6.45) is 7.12. The number of carbonyl (C=O) groups is 3. The zero-order chi connectivity index (χ0) is 23.7. The lowest BCUT2D eigenvalue weighted by atomic mass is 9.89. The molecule has 0 radical (unpaired) electrons. The lowest BCUT2D eigenvalue weighted by molar-refractivity contribution is -0.121. The van der Waals surface area contributed by atoms with Crippen LogP contribution in [0.4, 0.5) is 5.69 Å². The van der Waals surface area contributed by atoms with E-state index in [2.05, 4.69) is 26.1 Å². The van der Waals surface area contributed by atoms with Crippen LogP contribution in [0.2, 0.25) is 0 Å². The first-order valence-corrected chi connectivity index (χ1v) is 11.7. The highest BCUT2D eigenvalue weighted by molar-refractivity contribution is 5.95. The van der Waals surface area contributed by atoms with E-state index < -0.39 is 5.54 Å². The molecular formula is C24H33N5O4. The number of nitrogens with one attached hydrogen (secondary N) is 3. The van der Waals surface area contributed by atoms with Gasteiger partial charge in [0.05, 0.1) is 0 Å². The zero-order valence-electron chi connectivity index (χ0n) is 19.4. The van der Waals surface area contributed by atoms with Crippen LogP contribution in [0.15, 0.2) is 28.8 Å². The molecule has 0 unspecified atom stereocenters. The maximum Gasteiger partial charge on any atom is 0.251 e. The minimum atomic E-state index is -0.600. The second-order valence-electron chi connectivity index (χ2n) is 8.57. The van der Waals surface area contributed by atoms with Crippen molar-refractivity contribution in [3.8, 4) is 0 Å². The van der Waals surface area contributed by atoms with E-state index in [4.69, 9.17) is 4.52 Å². The number of carbonyl (C=O) groups excluding carboxylic acids is 3. The molecular weight excluding hydrogens is 422 g/mol. The van der Waals surface area contributed by atoms with Crippen LogP contribution in [0.3, 0.4) is 0 Å². The van der Waals surface area contributed by atoms with Gasteiger partial charge in [-0.05, 0) is 43.5 Å².